The van der Waals surface area contributed by atoms with Crippen molar-refractivity contribution in [2.45, 2.75) is 47.0 Å². The van der Waals surface area contributed by atoms with Gasteiger partial charge >= 0.3 is 0 Å². The summed E-state index contributed by atoms with van der Waals surface area (Å²) in [7, 11) is 1.69. The molecular weight excluding hydrogens is 374 g/mol. The monoisotopic (exact) mass is 399 g/mol. The number of hydrogen-bond donors (Lipinski definition) is 1. The Labute approximate surface area is 167 Å². The molecule has 1 aliphatic carbocycles. The summed E-state index contributed by atoms with van der Waals surface area (Å²) in [5, 5.41) is 4.66. The van der Waals surface area contributed by atoms with Crippen LogP contribution in [-0.4, -0.2) is 25.3 Å². The molecule has 3 aromatic heterocycles. The van der Waals surface area contributed by atoms with E-state index in [0.29, 0.717) is 22.8 Å². The molecular formula is C20H25N5O2S. The zero-order valence-electron chi connectivity index (χ0n) is 16.9. The van der Waals surface area contributed by atoms with E-state index in [1.54, 1.807) is 37.6 Å². The second-order valence-electron chi connectivity index (χ2n) is 8.57. The summed E-state index contributed by atoms with van der Waals surface area (Å²) in [5.74, 6) is 0.683. The largest absolute Gasteiger partial charge is 0.288 e. The summed E-state index contributed by atoms with van der Waals surface area (Å²) < 4.78 is 2.74. The van der Waals surface area contributed by atoms with Crippen molar-refractivity contribution in [2.75, 3.05) is 5.43 Å². The summed E-state index contributed by atoms with van der Waals surface area (Å²) in [6.07, 6.45) is 4.48. The lowest BCUT2D eigenvalue weighted by Crippen LogP contribution is -2.36. The van der Waals surface area contributed by atoms with Gasteiger partial charge in [0.15, 0.2) is 0 Å². The van der Waals surface area contributed by atoms with Gasteiger partial charge in [0.2, 0.25) is 0 Å². The maximum atomic E-state index is 13.2. The van der Waals surface area contributed by atoms with Crippen molar-refractivity contribution in [1.29, 1.82) is 0 Å². The third-order valence-electron chi connectivity index (χ3n) is 5.74. The van der Waals surface area contributed by atoms with Gasteiger partial charge in [-0.3, -0.25) is 19.7 Å². The highest BCUT2D eigenvalue weighted by Gasteiger charge is 2.32. The van der Waals surface area contributed by atoms with Crippen molar-refractivity contribution in [3.63, 3.8) is 0 Å². The van der Waals surface area contributed by atoms with Gasteiger partial charge in [0, 0.05) is 18.1 Å². The van der Waals surface area contributed by atoms with Crippen LogP contribution in [0, 0.1) is 18.3 Å². The lowest BCUT2D eigenvalue weighted by atomic mass is 9.72. The van der Waals surface area contributed by atoms with E-state index in [0.717, 1.165) is 29.7 Å². The Morgan fingerprint density at radius 1 is 1.36 bits per heavy atom. The molecule has 0 spiro atoms. The molecule has 0 saturated carbocycles. The Hall–Kier alpha value is -2.48. The van der Waals surface area contributed by atoms with Crippen LogP contribution < -0.4 is 11.0 Å². The fourth-order valence-electron chi connectivity index (χ4n) is 3.95. The number of aromatic nitrogens is 4. The van der Waals surface area contributed by atoms with Crippen LogP contribution in [0.25, 0.3) is 10.2 Å². The number of rotatable bonds is 2. The third-order valence-corrected chi connectivity index (χ3v) is 6.89. The highest BCUT2D eigenvalue weighted by molar-refractivity contribution is 7.18. The number of nitrogens with zero attached hydrogens (tertiary/aromatic N) is 4. The van der Waals surface area contributed by atoms with Crippen LogP contribution in [0.4, 0.5) is 0 Å². The van der Waals surface area contributed by atoms with E-state index in [-0.39, 0.29) is 16.9 Å². The van der Waals surface area contributed by atoms with Gasteiger partial charge in [0.1, 0.15) is 16.3 Å². The molecule has 1 amide bonds. The molecule has 1 atom stereocenters. The van der Waals surface area contributed by atoms with E-state index in [1.165, 1.54) is 14.2 Å². The zero-order chi connectivity index (χ0) is 20.2. The van der Waals surface area contributed by atoms with Gasteiger partial charge in [-0.2, -0.15) is 5.10 Å². The Morgan fingerprint density at radius 3 is 2.75 bits per heavy atom. The average Bonchev–Trinajstić information content (AvgIpc) is 3.19. The first-order valence-electron chi connectivity index (χ1n) is 9.50. The van der Waals surface area contributed by atoms with E-state index in [2.05, 4.69) is 36.3 Å². The van der Waals surface area contributed by atoms with Crippen LogP contribution in [-0.2, 0) is 19.9 Å². The summed E-state index contributed by atoms with van der Waals surface area (Å²) in [6, 6.07) is 1.61. The van der Waals surface area contributed by atoms with Crippen LogP contribution in [0.15, 0.2) is 17.1 Å². The molecule has 0 radical (unpaired) electrons. The van der Waals surface area contributed by atoms with Crippen molar-refractivity contribution >= 4 is 27.5 Å². The van der Waals surface area contributed by atoms with Gasteiger partial charge < -0.3 is 0 Å². The highest BCUT2D eigenvalue weighted by atomic mass is 32.1. The second-order valence-corrected chi connectivity index (χ2v) is 9.65. The minimum atomic E-state index is -0.386. The summed E-state index contributed by atoms with van der Waals surface area (Å²) in [6.45, 7) is 8.57. The first kappa shape index (κ1) is 18.9. The highest BCUT2D eigenvalue weighted by Crippen LogP contribution is 2.42. The van der Waals surface area contributed by atoms with Crippen molar-refractivity contribution in [3.05, 3.63) is 44.6 Å². The van der Waals surface area contributed by atoms with Crippen molar-refractivity contribution in [2.24, 2.45) is 18.4 Å². The second kappa shape index (κ2) is 6.55. The normalized spacial score (nSPS) is 17.0. The molecule has 148 valence electrons. The number of nitrogens with one attached hydrogen (secondary N) is 1. The maximum absolute atomic E-state index is 13.2. The van der Waals surface area contributed by atoms with Gasteiger partial charge in [-0.05, 0) is 49.1 Å². The third kappa shape index (κ3) is 3.05. The lowest BCUT2D eigenvalue weighted by Gasteiger charge is -2.33. The van der Waals surface area contributed by atoms with E-state index in [9.17, 15) is 9.59 Å². The lowest BCUT2D eigenvalue weighted by molar-refractivity contribution is 0.0997. The molecule has 4 rings (SSSR count). The smallest absolute Gasteiger partial charge is 0.267 e. The number of thiophene rings is 1. The van der Waals surface area contributed by atoms with Gasteiger partial charge in [0.05, 0.1) is 5.39 Å². The Balaban J connectivity index is 1.76. The van der Waals surface area contributed by atoms with E-state index in [1.807, 2.05) is 0 Å². The fraction of sp³-hybridized carbons (Fsp3) is 0.500. The summed E-state index contributed by atoms with van der Waals surface area (Å²) in [4.78, 5) is 32.5. The molecule has 0 aromatic carbocycles. The van der Waals surface area contributed by atoms with Crippen LogP contribution in [0.2, 0.25) is 0 Å². The summed E-state index contributed by atoms with van der Waals surface area (Å²) in [5.41, 5.74) is 4.22. The number of hydrogen-bond acceptors (Lipinski definition) is 5. The molecule has 8 heteroatoms. The summed E-state index contributed by atoms with van der Waals surface area (Å²) >= 11 is 1.62. The molecule has 28 heavy (non-hydrogen) atoms. The number of carbonyl (C=O) groups is 1. The average molecular weight is 400 g/mol. The van der Waals surface area contributed by atoms with Gasteiger partial charge in [-0.15, -0.1) is 11.3 Å². The predicted octanol–water partition coefficient (Wildman–Crippen LogP) is 3.03. The van der Waals surface area contributed by atoms with Gasteiger partial charge in [0.25, 0.3) is 11.5 Å². The Kier molecular flexibility index (Phi) is 4.41. The van der Waals surface area contributed by atoms with E-state index in [4.69, 9.17) is 0 Å². The fourth-order valence-corrected chi connectivity index (χ4v) is 5.29. The number of aryl methyl sites for hydroxylation is 3. The minimum Gasteiger partial charge on any atom is -0.267 e. The Morgan fingerprint density at radius 2 is 2.11 bits per heavy atom. The zero-order valence-corrected chi connectivity index (χ0v) is 17.7. The van der Waals surface area contributed by atoms with E-state index >= 15 is 0 Å². The minimum absolute atomic E-state index is 0.204. The molecule has 0 aliphatic heterocycles. The maximum Gasteiger partial charge on any atom is 0.288 e. The molecule has 0 bridgehead atoms. The molecule has 1 unspecified atom stereocenters. The number of carbonyl (C=O) groups excluding carboxylic acids is 1. The van der Waals surface area contributed by atoms with Gasteiger partial charge in [-0.1, -0.05) is 20.8 Å². The van der Waals surface area contributed by atoms with Crippen molar-refractivity contribution in [1.82, 2.24) is 19.4 Å². The quantitative estimate of drug-likeness (QED) is 0.718. The molecule has 7 nitrogen and oxygen atoms in total. The van der Waals surface area contributed by atoms with Crippen LogP contribution in [0.5, 0.6) is 0 Å². The van der Waals surface area contributed by atoms with E-state index < -0.39 is 0 Å². The molecule has 3 aromatic rings. The van der Waals surface area contributed by atoms with Crippen molar-refractivity contribution < 1.29 is 4.79 Å². The number of amides is 1. The van der Waals surface area contributed by atoms with Gasteiger partial charge in [-0.25, -0.2) is 9.66 Å². The topological polar surface area (TPSA) is 81.8 Å². The van der Waals surface area contributed by atoms with Crippen LogP contribution in [0.1, 0.15) is 53.9 Å². The first-order chi connectivity index (χ1) is 13.2. The Bertz CT molecular complexity index is 1130. The molecule has 0 saturated heterocycles. The van der Waals surface area contributed by atoms with Crippen LogP contribution >= 0.6 is 11.3 Å². The molecule has 1 N–H and O–H groups in total. The number of fused-ring (bicyclic) bond motifs is 3. The standard InChI is InChI=1S/C20H25N5O2S/c1-11-22-18-16(13-7-6-12(20(2,3)4)10-15(13)28-18)19(27)25(11)23-17(26)14-8-9-21-24(14)5/h8-9,12H,6-7,10H2,1-5H3,(H,23,26). The molecule has 1 aliphatic rings. The molecule has 0 fully saturated rings. The van der Waals surface area contributed by atoms with Crippen molar-refractivity contribution in [3.8, 4) is 0 Å². The van der Waals surface area contributed by atoms with Crippen LogP contribution in [0.3, 0.4) is 0 Å². The predicted molar refractivity (Wildman–Crippen MR) is 110 cm³/mol. The SMILES string of the molecule is Cc1nc2sc3c(c2c(=O)n1NC(=O)c1ccnn1C)CCC(C(C)(C)C)C3. The molecule has 3 heterocycles. The first-order valence-corrected chi connectivity index (χ1v) is 10.3.